The van der Waals surface area contributed by atoms with Crippen LogP contribution in [0, 0.1) is 0 Å². The summed E-state index contributed by atoms with van der Waals surface area (Å²) in [5.74, 6) is -1.02. The second-order valence-electron chi connectivity index (χ2n) is 8.10. The van der Waals surface area contributed by atoms with Gasteiger partial charge in [0.15, 0.2) is 0 Å². The van der Waals surface area contributed by atoms with Crippen LogP contribution in [0.3, 0.4) is 0 Å². The van der Waals surface area contributed by atoms with Crippen LogP contribution in [0.5, 0.6) is 0 Å². The number of anilines is 1. The topological polar surface area (TPSA) is 86.8 Å². The quantitative estimate of drug-likeness (QED) is 0.347. The largest absolute Gasteiger partial charge is 0.355 e. The zero-order chi connectivity index (χ0) is 27.2. The zero-order valence-electron chi connectivity index (χ0n) is 20.2. The Morgan fingerprint density at radius 3 is 2.22 bits per heavy atom. The van der Waals surface area contributed by atoms with Gasteiger partial charge in [-0.25, -0.2) is 8.42 Å². The standard InChI is InChI=1S/C26H26Cl3N3O4S/c1-3-30-26(34)18(2)31(16-19-9-7-8-12-22(19)28)25(33)17-32(24-15-20(27)13-14-23(24)29)37(35,36)21-10-5-4-6-11-21/h4-15,18H,3,16-17H2,1-2H3,(H,30,34). The zero-order valence-corrected chi connectivity index (χ0v) is 23.3. The highest BCUT2D eigenvalue weighted by atomic mass is 35.5. The van der Waals surface area contributed by atoms with E-state index in [1.807, 2.05) is 0 Å². The van der Waals surface area contributed by atoms with Gasteiger partial charge in [-0.05, 0) is 55.8 Å². The fourth-order valence-electron chi connectivity index (χ4n) is 3.62. The number of rotatable bonds is 10. The van der Waals surface area contributed by atoms with Crippen molar-refractivity contribution in [3.8, 4) is 0 Å². The predicted molar refractivity (Wildman–Crippen MR) is 148 cm³/mol. The third kappa shape index (κ3) is 6.96. The van der Waals surface area contributed by atoms with Crippen LogP contribution in [-0.2, 0) is 26.2 Å². The van der Waals surface area contributed by atoms with E-state index in [4.69, 9.17) is 34.8 Å². The third-order valence-corrected chi connectivity index (χ3v) is 8.30. The molecule has 3 rings (SSSR count). The van der Waals surface area contributed by atoms with Crippen molar-refractivity contribution in [3.63, 3.8) is 0 Å². The molecule has 0 spiro atoms. The lowest BCUT2D eigenvalue weighted by atomic mass is 10.1. The van der Waals surface area contributed by atoms with Crippen LogP contribution in [0.1, 0.15) is 19.4 Å². The molecule has 0 heterocycles. The van der Waals surface area contributed by atoms with Gasteiger partial charge >= 0.3 is 0 Å². The first-order valence-electron chi connectivity index (χ1n) is 11.4. The maximum atomic E-state index is 13.8. The normalized spacial score (nSPS) is 12.0. The van der Waals surface area contributed by atoms with Gasteiger partial charge < -0.3 is 10.2 Å². The Bertz CT molecular complexity index is 1370. The van der Waals surface area contributed by atoms with E-state index in [1.54, 1.807) is 56.3 Å². The lowest BCUT2D eigenvalue weighted by Gasteiger charge is -2.32. The number of nitrogens with one attached hydrogen (secondary N) is 1. The summed E-state index contributed by atoms with van der Waals surface area (Å²) in [7, 11) is -4.24. The summed E-state index contributed by atoms with van der Waals surface area (Å²) in [6.07, 6.45) is 0. The SMILES string of the molecule is CCNC(=O)C(C)N(Cc1ccccc1Cl)C(=O)CN(c1cc(Cl)ccc1Cl)S(=O)(=O)c1ccccc1. The Morgan fingerprint density at radius 2 is 1.57 bits per heavy atom. The molecule has 1 N–H and O–H groups in total. The molecular weight excluding hydrogens is 557 g/mol. The molecule has 7 nitrogen and oxygen atoms in total. The summed E-state index contributed by atoms with van der Waals surface area (Å²) in [5.41, 5.74) is 0.640. The molecule has 1 atom stereocenters. The lowest BCUT2D eigenvalue weighted by Crippen LogP contribution is -2.51. The molecule has 3 aromatic rings. The van der Waals surface area contributed by atoms with Crippen LogP contribution in [0.4, 0.5) is 5.69 Å². The van der Waals surface area contributed by atoms with Gasteiger partial charge in [0.05, 0.1) is 15.6 Å². The molecule has 11 heteroatoms. The number of halogens is 3. The van der Waals surface area contributed by atoms with Gasteiger partial charge in [-0.15, -0.1) is 0 Å². The molecule has 37 heavy (non-hydrogen) atoms. The monoisotopic (exact) mass is 581 g/mol. The summed E-state index contributed by atoms with van der Waals surface area (Å²) in [6.45, 7) is 3.05. The van der Waals surface area contributed by atoms with E-state index in [9.17, 15) is 18.0 Å². The number of likely N-dealkylation sites (N-methyl/N-ethyl adjacent to an activating group) is 1. The van der Waals surface area contributed by atoms with Crippen molar-refractivity contribution in [2.24, 2.45) is 0 Å². The third-order valence-electron chi connectivity index (χ3n) is 5.60. The Balaban J connectivity index is 2.07. The Labute approximate surface area is 232 Å². The minimum Gasteiger partial charge on any atom is -0.355 e. The molecule has 0 aliphatic carbocycles. The second kappa shape index (κ2) is 12.6. The molecule has 0 fully saturated rings. The molecular formula is C26H26Cl3N3O4S. The highest BCUT2D eigenvalue weighted by Gasteiger charge is 2.33. The van der Waals surface area contributed by atoms with E-state index in [-0.39, 0.29) is 33.1 Å². The maximum Gasteiger partial charge on any atom is 0.264 e. The number of sulfonamides is 1. The Morgan fingerprint density at radius 1 is 0.919 bits per heavy atom. The van der Waals surface area contributed by atoms with Crippen molar-refractivity contribution < 1.29 is 18.0 Å². The second-order valence-corrected chi connectivity index (χ2v) is 11.2. The first-order valence-corrected chi connectivity index (χ1v) is 14.0. The van der Waals surface area contributed by atoms with E-state index in [0.717, 1.165) is 4.31 Å². The van der Waals surface area contributed by atoms with Gasteiger partial charge in [0.1, 0.15) is 12.6 Å². The smallest absolute Gasteiger partial charge is 0.264 e. The first kappa shape index (κ1) is 28.8. The predicted octanol–water partition coefficient (Wildman–Crippen LogP) is 5.40. The van der Waals surface area contributed by atoms with Gasteiger partial charge in [-0.2, -0.15) is 0 Å². The molecule has 0 saturated heterocycles. The van der Waals surface area contributed by atoms with Crippen LogP contribution >= 0.6 is 34.8 Å². The average Bonchev–Trinajstić information content (AvgIpc) is 2.88. The van der Waals surface area contributed by atoms with Crippen LogP contribution in [0.25, 0.3) is 0 Å². The highest BCUT2D eigenvalue weighted by molar-refractivity contribution is 7.92. The fraction of sp³-hybridized carbons (Fsp3) is 0.231. The molecule has 1 unspecified atom stereocenters. The summed E-state index contributed by atoms with van der Waals surface area (Å²) in [6, 6.07) is 18.0. The van der Waals surface area contributed by atoms with Gasteiger partial charge in [0.2, 0.25) is 11.8 Å². The number of hydrogen-bond donors (Lipinski definition) is 1. The van der Waals surface area contributed by atoms with Gasteiger partial charge in [-0.1, -0.05) is 71.2 Å². The molecule has 0 saturated carbocycles. The Kier molecular flexibility index (Phi) is 9.84. The van der Waals surface area contributed by atoms with Gasteiger partial charge in [-0.3, -0.25) is 13.9 Å². The highest BCUT2D eigenvalue weighted by Crippen LogP contribution is 2.33. The van der Waals surface area contributed by atoms with Gasteiger partial charge in [0, 0.05) is 23.1 Å². The van der Waals surface area contributed by atoms with E-state index < -0.39 is 28.5 Å². The number of nitrogens with zero attached hydrogens (tertiary/aromatic N) is 2. The molecule has 0 aromatic heterocycles. The van der Waals surface area contributed by atoms with E-state index >= 15 is 0 Å². The molecule has 196 valence electrons. The van der Waals surface area contributed by atoms with E-state index in [0.29, 0.717) is 17.1 Å². The molecule has 2 amide bonds. The summed E-state index contributed by atoms with van der Waals surface area (Å²) in [4.78, 5) is 27.8. The van der Waals surface area contributed by atoms with Crippen molar-refractivity contribution in [3.05, 3.63) is 93.4 Å². The molecule has 0 aliphatic rings. The van der Waals surface area contributed by atoms with Crippen molar-refractivity contribution in [2.45, 2.75) is 31.3 Å². The van der Waals surface area contributed by atoms with Crippen molar-refractivity contribution in [1.82, 2.24) is 10.2 Å². The number of amides is 2. The van der Waals surface area contributed by atoms with E-state index in [1.165, 1.54) is 35.2 Å². The maximum absolute atomic E-state index is 13.8. The fourth-order valence-corrected chi connectivity index (χ4v) is 5.70. The van der Waals surface area contributed by atoms with E-state index in [2.05, 4.69) is 5.32 Å². The summed E-state index contributed by atoms with van der Waals surface area (Å²) in [5, 5.41) is 3.44. The number of carbonyl (C=O) groups excluding carboxylic acids is 2. The van der Waals surface area contributed by atoms with Crippen molar-refractivity contribution in [2.75, 3.05) is 17.4 Å². The van der Waals surface area contributed by atoms with Crippen LogP contribution < -0.4 is 9.62 Å². The van der Waals surface area contributed by atoms with Crippen LogP contribution in [0.15, 0.2) is 77.7 Å². The van der Waals surface area contributed by atoms with Crippen molar-refractivity contribution in [1.29, 1.82) is 0 Å². The number of benzene rings is 3. The van der Waals surface area contributed by atoms with Gasteiger partial charge in [0.25, 0.3) is 10.0 Å². The van der Waals surface area contributed by atoms with Crippen LogP contribution in [0.2, 0.25) is 15.1 Å². The Hall–Kier alpha value is -2.78. The number of hydrogen-bond acceptors (Lipinski definition) is 4. The number of carbonyl (C=O) groups is 2. The van der Waals surface area contributed by atoms with Crippen molar-refractivity contribution >= 4 is 62.3 Å². The minimum absolute atomic E-state index is 0.0146. The minimum atomic E-state index is -4.24. The molecule has 0 radical (unpaired) electrons. The summed E-state index contributed by atoms with van der Waals surface area (Å²) >= 11 is 18.9. The first-order chi connectivity index (χ1) is 17.6. The molecule has 0 aliphatic heterocycles. The average molecular weight is 583 g/mol. The van der Waals surface area contributed by atoms with Crippen LogP contribution in [-0.4, -0.2) is 44.3 Å². The summed E-state index contributed by atoms with van der Waals surface area (Å²) < 4.78 is 28.4. The molecule has 0 bridgehead atoms. The molecule has 3 aromatic carbocycles. The lowest BCUT2D eigenvalue weighted by molar-refractivity contribution is -0.139.